The highest BCUT2D eigenvalue weighted by Gasteiger charge is 2.21. The molecular weight excluding hydrogens is 358 g/mol. The molecule has 0 saturated carbocycles. The molecule has 0 aliphatic carbocycles. The Hall–Kier alpha value is -3.34. The lowest BCUT2D eigenvalue weighted by Crippen LogP contribution is -2.09. The highest BCUT2D eigenvalue weighted by Crippen LogP contribution is 2.36. The molecule has 0 spiro atoms. The zero-order valence-corrected chi connectivity index (χ0v) is 17.2. The van der Waals surface area contributed by atoms with Crippen LogP contribution in [0.4, 0.5) is 0 Å². The van der Waals surface area contributed by atoms with E-state index in [-0.39, 0.29) is 0 Å². The predicted octanol–water partition coefficient (Wildman–Crippen LogP) is 5.64. The Labute approximate surface area is 171 Å². The number of rotatable bonds is 5. The van der Waals surface area contributed by atoms with Gasteiger partial charge in [-0.15, -0.1) is 0 Å². The molecule has 0 bridgehead atoms. The van der Waals surface area contributed by atoms with Crippen molar-refractivity contribution >= 4 is 0 Å². The van der Waals surface area contributed by atoms with Crippen molar-refractivity contribution in [3.05, 3.63) is 78.6 Å². The molecule has 0 saturated heterocycles. The molecule has 5 heteroatoms. The standard InChI is InChI=1S/C24H25N5/c1-16(2)20-12-19(23-27-14-25-15-28-23)13-21(17(3)4)22(20)29-11-10-26-24(29)18-8-6-5-7-9-18/h5-17H,1-4H3. The first kappa shape index (κ1) is 19.0. The third-order valence-electron chi connectivity index (χ3n) is 5.08. The van der Waals surface area contributed by atoms with Gasteiger partial charge in [0, 0.05) is 23.5 Å². The average Bonchev–Trinajstić information content (AvgIpc) is 3.23. The monoisotopic (exact) mass is 383 g/mol. The summed E-state index contributed by atoms with van der Waals surface area (Å²) >= 11 is 0. The van der Waals surface area contributed by atoms with Crippen LogP contribution in [0.3, 0.4) is 0 Å². The van der Waals surface area contributed by atoms with Crippen LogP contribution >= 0.6 is 0 Å². The van der Waals surface area contributed by atoms with Crippen molar-refractivity contribution in [2.45, 2.75) is 39.5 Å². The number of benzene rings is 2. The number of hydrogen-bond donors (Lipinski definition) is 0. The van der Waals surface area contributed by atoms with Crippen LogP contribution in [0.15, 0.2) is 67.5 Å². The average molecular weight is 383 g/mol. The lowest BCUT2D eigenvalue weighted by Gasteiger charge is -2.23. The van der Waals surface area contributed by atoms with Crippen LogP contribution in [-0.4, -0.2) is 24.5 Å². The number of imidazole rings is 1. The SMILES string of the molecule is CC(C)c1cc(-c2ncncn2)cc(C(C)C)c1-n1ccnc1-c1ccccc1. The van der Waals surface area contributed by atoms with E-state index in [1.807, 2.05) is 24.4 Å². The van der Waals surface area contributed by atoms with Gasteiger partial charge >= 0.3 is 0 Å². The first-order valence-corrected chi connectivity index (χ1v) is 9.95. The molecule has 2 heterocycles. The maximum Gasteiger partial charge on any atom is 0.162 e. The molecule has 4 aromatic rings. The molecule has 0 aliphatic heterocycles. The molecule has 2 aromatic heterocycles. The van der Waals surface area contributed by atoms with Crippen molar-refractivity contribution < 1.29 is 0 Å². The van der Waals surface area contributed by atoms with Gasteiger partial charge in [0.25, 0.3) is 0 Å². The quantitative estimate of drug-likeness (QED) is 0.448. The van der Waals surface area contributed by atoms with E-state index >= 15 is 0 Å². The fraction of sp³-hybridized carbons (Fsp3) is 0.250. The van der Waals surface area contributed by atoms with E-state index in [4.69, 9.17) is 0 Å². The van der Waals surface area contributed by atoms with Gasteiger partial charge in [0.2, 0.25) is 0 Å². The summed E-state index contributed by atoms with van der Waals surface area (Å²) in [6.07, 6.45) is 7.02. The first-order chi connectivity index (χ1) is 14.1. The summed E-state index contributed by atoms with van der Waals surface area (Å²) in [6, 6.07) is 14.7. The number of aromatic nitrogens is 5. The molecule has 2 aromatic carbocycles. The Morgan fingerprint density at radius 1 is 0.759 bits per heavy atom. The van der Waals surface area contributed by atoms with Crippen LogP contribution in [0.5, 0.6) is 0 Å². The van der Waals surface area contributed by atoms with E-state index in [2.05, 4.69) is 82.7 Å². The Bertz CT molecular complexity index is 1070. The van der Waals surface area contributed by atoms with Crippen LogP contribution < -0.4 is 0 Å². The van der Waals surface area contributed by atoms with E-state index in [1.54, 1.807) is 12.7 Å². The molecular formula is C24H25N5. The molecule has 0 unspecified atom stereocenters. The van der Waals surface area contributed by atoms with Gasteiger partial charge in [-0.1, -0.05) is 58.0 Å². The Morgan fingerprint density at radius 3 is 1.97 bits per heavy atom. The van der Waals surface area contributed by atoms with Crippen LogP contribution in [0.2, 0.25) is 0 Å². The third-order valence-corrected chi connectivity index (χ3v) is 5.08. The summed E-state index contributed by atoms with van der Waals surface area (Å²) in [4.78, 5) is 17.4. The maximum atomic E-state index is 4.67. The van der Waals surface area contributed by atoms with Crippen LogP contribution in [0.25, 0.3) is 28.5 Å². The van der Waals surface area contributed by atoms with Gasteiger partial charge in [-0.05, 0) is 35.1 Å². The Kier molecular flexibility index (Phi) is 5.21. The van der Waals surface area contributed by atoms with Crippen LogP contribution in [0, 0.1) is 0 Å². The van der Waals surface area contributed by atoms with Crippen molar-refractivity contribution in [3.8, 4) is 28.5 Å². The van der Waals surface area contributed by atoms with Crippen molar-refractivity contribution in [1.29, 1.82) is 0 Å². The minimum absolute atomic E-state index is 0.329. The number of hydrogen-bond acceptors (Lipinski definition) is 4. The highest BCUT2D eigenvalue weighted by atomic mass is 15.1. The first-order valence-electron chi connectivity index (χ1n) is 9.95. The lowest BCUT2D eigenvalue weighted by atomic mass is 9.89. The minimum atomic E-state index is 0.329. The van der Waals surface area contributed by atoms with Gasteiger partial charge < -0.3 is 0 Å². The summed E-state index contributed by atoms with van der Waals surface area (Å²) < 4.78 is 2.22. The van der Waals surface area contributed by atoms with E-state index in [0.29, 0.717) is 17.7 Å². The van der Waals surface area contributed by atoms with Gasteiger partial charge in [-0.2, -0.15) is 0 Å². The molecule has 0 amide bonds. The molecule has 5 nitrogen and oxygen atoms in total. The van der Waals surface area contributed by atoms with Crippen LogP contribution in [0.1, 0.15) is 50.7 Å². The topological polar surface area (TPSA) is 56.5 Å². The molecule has 0 aliphatic rings. The van der Waals surface area contributed by atoms with Crippen molar-refractivity contribution in [1.82, 2.24) is 24.5 Å². The number of nitrogens with zero attached hydrogens (tertiary/aromatic N) is 5. The molecule has 0 N–H and O–H groups in total. The molecule has 146 valence electrons. The van der Waals surface area contributed by atoms with Gasteiger partial charge in [0.15, 0.2) is 5.82 Å². The fourth-order valence-corrected chi connectivity index (χ4v) is 3.64. The molecule has 29 heavy (non-hydrogen) atoms. The molecule has 4 rings (SSSR count). The fourth-order valence-electron chi connectivity index (χ4n) is 3.64. The second-order valence-corrected chi connectivity index (χ2v) is 7.76. The van der Waals surface area contributed by atoms with Gasteiger partial charge in [0.1, 0.15) is 18.5 Å². The summed E-state index contributed by atoms with van der Waals surface area (Å²) in [7, 11) is 0. The minimum Gasteiger partial charge on any atom is -0.299 e. The molecule has 0 radical (unpaired) electrons. The Morgan fingerprint density at radius 2 is 1.38 bits per heavy atom. The summed E-state index contributed by atoms with van der Waals surface area (Å²) in [5.74, 6) is 2.30. The van der Waals surface area contributed by atoms with Crippen molar-refractivity contribution in [3.63, 3.8) is 0 Å². The lowest BCUT2D eigenvalue weighted by molar-refractivity contribution is 0.806. The highest BCUT2D eigenvalue weighted by molar-refractivity contribution is 5.68. The maximum absolute atomic E-state index is 4.67. The van der Waals surface area contributed by atoms with E-state index in [9.17, 15) is 0 Å². The van der Waals surface area contributed by atoms with Crippen LogP contribution in [-0.2, 0) is 0 Å². The van der Waals surface area contributed by atoms with E-state index in [1.165, 1.54) is 16.8 Å². The van der Waals surface area contributed by atoms with Gasteiger partial charge in [0.05, 0.1) is 5.69 Å². The summed E-state index contributed by atoms with van der Waals surface area (Å²) in [5.41, 5.74) is 5.82. The zero-order chi connectivity index (χ0) is 20.4. The predicted molar refractivity (Wildman–Crippen MR) is 116 cm³/mol. The normalized spacial score (nSPS) is 11.4. The van der Waals surface area contributed by atoms with Crippen molar-refractivity contribution in [2.75, 3.05) is 0 Å². The second-order valence-electron chi connectivity index (χ2n) is 7.76. The third kappa shape index (κ3) is 3.68. The van der Waals surface area contributed by atoms with E-state index in [0.717, 1.165) is 17.0 Å². The van der Waals surface area contributed by atoms with E-state index < -0.39 is 0 Å². The second kappa shape index (κ2) is 7.95. The summed E-state index contributed by atoms with van der Waals surface area (Å²) in [5, 5.41) is 0. The Balaban J connectivity index is 1.98. The largest absolute Gasteiger partial charge is 0.299 e. The zero-order valence-electron chi connectivity index (χ0n) is 17.2. The van der Waals surface area contributed by atoms with Gasteiger partial charge in [-0.25, -0.2) is 19.9 Å². The molecule has 0 fully saturated rings. The summed E-state index contributed by atoms with van der Waals surface area (Å²) in [6.45, 7) is 8.89. The molecule has 0 atom stereocenters. The van der Waals surface area contributed by atoms with Crippen molar-refractivity contribution in [2.24, 2.45) is 0 Å². The van der Waals surface area contributed by atoms with Gasteiger partial charge in [-0.3, -0.25) is 4.57 Å². The smallest absolute Gasteiger partial charge is 0.162 e.